The molecule has 1 atom stereocenters. The maximum atomic E-state index is 14.1. The van der Waals surface area contributed by atoms with E-state index in [1.807, 2.05) is 36.5 Å². The first-order valence-electron chi connectivity index (χ1n) is 16.6. The van der Waals surface area contributed by atoms with Crippen LogP contribution in [0.3, 0.4) is 0 Å². The largest absolute Gasteiger partial charge is 0.361 e. The lowest BCUT2D eigenvalue weighted by atomic mass is 9.99. The van der Waals surface area contributed by atoms with Crippen LogP contribution >= 0.6 is 0 Å². The molecule has 1 aromatic heterocycles. The molecule has 2 aromatic carbocycles. The van der Waals surface area contributed by atoms with Crippen molar-refractivity contribution in [1.82, 2.24) is 25.0 Å². The molecule has 5 rings (SSSR count). The lowest BCUT2D eigenvalue weighted by Crippen LogP contribution is -2.54. The topological polar surface area (TPSA) is 88.8 Å². The summed E-state index contributed by atoms with van der Waals surface area (Å²) in [4.78, 5) is 49.9. The molecular weight excluding hydrogens is 550 g/mol. The third-order valence-electron chi connectivity index (χ3n) is 9.58. The van der Waals surface area contributed by atoms with Gasteiger partial charge in [-0.1, -0.05) is 56.7 Å². The molecule has 0 saturated carbocycles. The van der Waals surface area contributed by atoms with Gasteiger partial charge in [0.15, 0.2) is 0 Å². The van der Waals surface area contributed by atoms with E-state index >= 15 is 0 Å². The van der Waals surface area contributed by atoms with Gasteiger partial charge in [0.05, 0.1) is 13.1 Å². The highest BCUT2D eigenvalue weighted by atomic mass is 16.2. The third-order valence-corrected chi connectivity index (χ3v) is 9.58. The van der Waals surface area contributed by atoms with Crippen molar-refractivity contribution in [3.05, 3.63) is 70.9 Å². The fourth-order valence-corrected chi connectivity index (χ4v) is 7.06. The zero-order valence-electron chi connectivity index (χ0n) is 26.7. The molecule has 8 heteroatoms. The molecule has 2 aliphatic rings. The zero-order valence-corrected chi connectivity index (χ0v) is 26.7. The molecule has 44 heavy (non-hydrogen) atoms. The summed E-state index contributed by atoms with van der Waals surface area (Å²) >= 11 is 0. The summed E-state index contributed by atoms with van der Waals surface area (Å²) < 4.78 is 0. The molecule has 3 heterocycles. The normalized spacial score (nSPS) is 17.4. The van der Waals surface area contributed by atoms with E-state index in [1.54, 1.807) is 0 Å². The molecule has 3 amide bonds. The Hall–Kier alpha value is -3.49. The van der Waals surface area contributed by atoms with Crippen molar-refractivity contribution in [2.24, 2.45) is 0 Å². The smallest absolute Gasteiger partial charge is 0.252 e. The number of piperidine rings is 2. The molecule has 0 bridgehead atoms. The van der Waals surface area contributed by atoms with Gasteiger partial charge in [-0.05, 0) is 79.9 Å². The van der Waals surface area contributed by atoms with E-state index in [2.05, 4.69) is 46.1 Å². The summed E-state index contributed by atoms with van der Waals surface area (Å²) in [5.41, 5.74) is 5.33. The Kier molecular flexibility index (Phi) is 10.9. The average molecular weight is 600 g/mol. The van der Waals surface area contributed by atoms with E-state index in [1.165, 1.54) is 55.3 Å². The SMILES string of the molecule is CCc1ccc(CN(C(C)=O)C(=O)C(Cc2c[nH]c3ccccc23)NC(=O)CN2CCC(N3CCCCC3)CC2)cc1CC. The minimum Gasteiger partial charge on any atom is -0.361 e. The van der Waals surface area contributed by atoms with Crippen LogP contribution in [0.15, 0.2) is 48.7 Å². The number of hydrogen-bond acceptors (Lipinski definition) is 5. The summed E-state index contributed by atoms with van der Waals surface area (Å²) in [6.07, 6.45) is 10.1. The number of imide groups is 1. The van der Waals surface area contributed by atoms with Crippen molar-refractivity contribution in [3.63, 3.8) is 0 Å². The average Bonchev–Trinajstić information content (AvgIpc) is 3.46. The highest BCUT2D eigenvalue weighted by Gasteiger charge is 2.31. The van der Waals surface area contributed by atoms with Gasteiger partial charge in [-0.25, -0.2) is 0 Å². The number of benzene rings is 2. The molecule has 1 unspecified atom stereocenters. The Morgan fingerprint density at radius 3 is 2.36 bits per heavy atom. The number of carbonyl (C=O) groups excluding carboxylic acids is 3. The number of fused-ring (bicyclic) bond motifs is 1. The monoisotopic (exact) mass is 599 g/mol. The van der Waals surface area contributed by atoms with Gasteiger partial charge in [-0.15, -0.1) is 0 Å². The molecule has 2 saturated heterocycles. The Labute approximate surface area is 262 Å². The number of aromatic amines is 1. The number of aromatic nitrogens is 1. The van der Waals surface area contributed by atoms with Gasteiger partial charge in [0.2, 0.25) is 11.8 Å². The maximum absolute atomic E-state index is 14.1. The Bertz CT molecular complexity index is 1430. The number of H-pyrrole nitrogens is 1. The summed E-state index contributed by atoms with van der Waals surface area (Å²) in [7, 11) is 0. The van der Waals surface area contributed by atoms with E-state index in [9.17, 15) is 14.4 Å². The number of rotatable bonds is 11. The number of carbonyl (C=O) groups is 3. The number of amides is 3. The number of para-hydroxylation sites is 1. The van der Waals surface area contributed by atoms with Crippen molar-refractivity contribution < 1.29 is 14.4 Å². The molecule has 0 spiro atoms. The van der Waals surface area contributed by atoms with Gasteiger partial charge in [0, 0.05) is 49.6 Å². The minimum absolute atomic E-state index is 0.176. The molecular formula is C36H49N5O3. The lowest BCUT2D eigenvalue weighted by Gasteiger charge is -2.40. The van der Waals surface area contributed by atoms with Crippen LogP contribution in [0.4, 0.5) is 0 Å². The van der Waals surface area contributed by atoms with Crippen LogP contribution in [0, 0.1) is 0 Å². The van der Waals surface area contributed by atoms with E-state index in [-0.39, 0.29) is 30.8 Å². The van der Waals surface area contributed by atoms with Crippen LogP contribution in [0.1, 0.15) is 75.1 Å². The standard InChI is InChI=1S/C36H49N5O3/c1-4-28-14-13-27(21-29(28)5-2)24-41(26(3)42)36(44)34(22-30-23-37-33-12-8-7-11-32(30)33)38-35(43)25-39-19-15-31(16-20-39)40-17-9-6-10-18-40/h7-8,11-14,21,23,31,34,37H,4-6,9-10,15-20,22,24-25H2,1-3H3,(H,38,43). The van der Waals surface area contributed by atoms with Crippen LogP contribution in [-0.4, -0.2) is 82.2 Å². The second kappa shape index (κ2) is 15.0. The van der Waals surface area contributed by atoms with Gasteiger partial charge in [0.25, 0.3) is 5.91 Å². The first-order chi connectivity index (χ1) is 21.4. The van der Waals surface area contributed by atoms with Crippen molar-refractivity contribution in [1.29, 1.82) is 0 Å². The second-order valence-corrected chi connectivity index (χ2v) is 12.5. The molecule has 236 valence electrons. The van der Waals surface area contributed by atoms with Crippen molar-refractivity contribution >= 4 is 28.6 Å². The Morgan fingerprint density at radius 1 is 0.932 bits per heavy atom. The van der Waals surface area contributed by atoms with Gasteiger partial charge >= 0.3 is 0 Å². The molecule has 0 aliphatic carbocycles. The number of nitrogens with one attached hydrogen (secondary N) is 2. The molecule has 2 aliphatic heterocycles. The highest BCUT2D eigenvalue weighted by Crippen LogP contribution is 2.23. The molecule has 2 N–H and O–H groups in total. The zero-order chi connectivity index (χ0) is 31.1. The minimum atomic E-state index is -0.864. The van der Waals surface area contributed by atoms with E-state index in [4.69, 9.17) is 0 Å². The van der Waals surface area contributed by atoms with Crippen LogP contribution < -0.4 is 5.32 Å². The van der Waals surface area contributed by atoms with Crippen LogP contribution in [0.5, 0.6) is 0 Å². The fourth-order valence-electron chi connectivity index (χ4n) is 7.06. The maximum Gasteiger partial charge on any atom is 0.252 e. The van der Waals surface area contributed by atoms with E-state index in [0.717, 1.165) is 60.8 Å². The molecule has 2 fully saturated rings. The summed E-state index contributed by atoms with van der Waals surface area (Å²) in [5.74, 6) is -0.883. The molecule has 0 radical (unpaired) electrons. The lowest BCUT2D eigenvalue weighted by molar-refractivity contribution is -0.147. The number of aryl methyl sites for hydroxylation is 2. The number of likely N-dealkylation sites (tertiary alicyclic amines) is 2. The van der Waals surface area contributed by atoms with E-state index < -0.39 is 6.04 Å². The number of hydrogen-bond donors (Lipinski definition) is 2. The quantitative estimate of drug-likeness (QED) is 0.329. The third kappa shape index (κ3) is 7.77. The van der Waals surface area contributed by atoms with Crippen LogP contribution in [0.2, 0.25) is 0 Å². The van der Waals surface area contributed by atoms with Crippen LogP contribution in [-0.2, 0) is 40.2 Å². The van der Waals surface area contributed by atoms with Gasteiger partial charge < -0.3 is 15.2 Å². The molecule has 3 aromatic rings. The predicted molar refractivity (Wildman–Crippen MR) is 175 cm³/mol. The van der Waals surface area contributed by atoms with Crippen molar-refractivity contribution in [2.75, 3.05) is 32.7 Å². The van der Waals surface area contributed by atoms with Gasteiger partial charge in [-0.3, -0.25) is 24.2 Å². The van der Waals surface area contributed by atoms with E-state index in [0.29, 0.717) is 12.5 Å². The Morgan fingerprint density at radius 2 is 1.66 bits per heavy atom. The van der Waals surface area contributed by atoms with Gasteiger partial charge in [-0.2, -0.15) is 0 Å². The number of nitrogens with zero attached hydrogens (tertiary/aromatic N) is 3. The van der Waals surface area contributed by atoms with Crippen LogP contribution in [0.25, 0.3) is 10.9 Å². The van der Waals surface area contributed by atoms with Crippen molar-refractivity contribution in [3.8, 4) is 0 Å². The Balaban J connectivity index is 1.30. The fraction of sp³-hybridized carbons (Fsp3) is 0.528. The predicted octanol–water partition coefficient (Wildman–Crippen LogP) is 4.85. The highest BCUT2D eigenvalue weighted by molar-refractivity contribution is 5.99. The van der Waals surface area contributed by atoms with Gasteiger partial charge in [0.1, 0.15) is 6.04 Å². The first-order valence-corrected chi connectivity index (χ1v) is 16.6. The summed E-state index contributed by atoms with van der Waals surface area (Å²) in [6, 6.07) is 13.9. The summed E-state index contributed by atoms with van der Waals surface area (Å²) in [5, 5.41) is 4.07. The molecule has 8 nitrogen and oxygen atoms in total. The summed E-state index contributed by atoms with van der Waals surface area (Å²) in [6.45, 7) is 10.2. The van der Waals surface area contributed by atoms with Crippen molar-refractivity contribution in [2.45, 2.75) is 90.8 Å². The first kappa shape index (κ1) is 31.9. The second-order valence-electron chi connectivity index (χ2n) is 12.5.